The van der Waals surface area contributed by atoms with Crippen LogP contribution in [0.5, 0.6) is 0 Å². The van der Waals surface area contributed by atoms with Gasteiger partial charge in [-0.3, -0.25) is 4.99 Å². The molecule has 1 aliphatic heterocycles. The van der Waals surface area contributed by atoms with Crippen molar-refractivity contribution in [1.29, 1.82) is 21.0 Å². The molecule has 1 heterocycles. The Labute approximate surface area is 161 Å². The number of rotatable bonds is 2. The van der Waals surface area contributed by atoms with E-state index >= 15 is 0 Å². The third-order valence-electron chi connectivity index (χ3n) is 4.23. The molecule has 1 aromatic carbocycles. The zero-order valence-electron chi connectivity index (χ0n) is 14.3. The van der Waals surface area contributed by atoms with Gasteiger partial charge in [0, 0.05) is 15.7 Å². The van der Waals surface area contributed by atoms with Crippen molar-refractivity contribution in [3.8, 4) is 24.3 Å². The largest absolute Gasteiger partial charge is 0.250 e. The molecule has 6 heteroatoms. The third kappa shape index (κ3) is 3.19. The van der Waals surface area contributed by atoms with Crippen LogP contribution >= 0.6 is 11.8 Å². The van der Waals surface area contributed by atoms with Crippen molar-refractivity contribution in [2.24, 2.45) is 10.9 Å². The van der Waals surface area contributed by atoms with Crippen molar-refractivity contribution in [3.63, 3.8) is 0 Å². The van der Waals surface area contributed by atoms with Gasteiger partial charge in [-0.05, 0) is 36.3 Å². The molecule has 1 aliphatic carbocycles. The van der Waals surface area contributed by atoms with Gasteiger partial charge in [0.1, 0.15) is 35.4 Å². The average Bonchev–Trinajstić information content (AvgIpc) is 2.71. The number of thioether (sulfide) groups is 1. The summed E-state index contributed by atoms with van der Waals surface area (Å²) in [5.74, 6) is -0.489. The number of nitriles is 4. The van der Waals surface area contributed by atoms with Crippen LogP contribution in [0.3, 0.4) is 0 Å². The van der Waals surface area contributed by atoms with Crippen LogP contribution in [0.25, 0.3) is 0 Å². The van der Waals surface area contributed by atoms with Crippen molar-refractivity contribution in [3.05, 3.63) is 69.7 Å². The van der Waals surface area contributed by atoms with E-state index in [9.17, 15) is 21.0 Å². The van der Waals surface area contributed by atoms with Crippen molar-refractivity contribution in [1.82, 2.24) is 0 Å². The quantitative estimate of drug-likeness (QED) is 0.560. The summed E-state index contributed by atoms with van der Waals surface area (Å²) in [5.41, 5.74) is 1.93. The van der Waals surface area contributed by atoms with Crippen LogP contribution in [-0.4, -0.2) is 5.71 Å². The number of hydrogen-bond donors (Lipinski definition) is 0. The zero-order valence-corrected chi connectivity index (χ0v) is 15.1. The summed E-state index contributed by atoms with van der Waals surface area (Å²) in [7, 11) is 0. The molecule has 27 heavy (non-hydrogen) atoms. The lowest BCUT2D eigenvalue weighted by atomic mass is 9.82. The Hall–Kier alpha value is -3.84. The van der Waals surface area contributed by atoms with Crippen LogP contribution in [0.4, 0.5) is 5.69 Å². The highest BCUT2D eigenvalue weighted by Gasteiger charge is 2.31. The lowest BCUT2D eigenvalue weighted by Gasteiger charge is -2.27. The van der Waals surface area contributed by atoms with Crippen LogP contribution in [0.1, 0.15) is 6.92 Å². The molecule has 3 rings (SSSR count). The van der Waals surface area contributed by atoms with Crippen molar-refractivity contribution >= 4 is 23.2 Å². The number of benzene rings is 1. The minimum absolute atomic E-state index is 0.123. The molecule has 0 aromatic heterocycles. The summed E-state index contributed by atoms with van der Waals surface area (Å²) in [6.45, 7) is 1.59. The molecule has 0 fully saturated rings. The standard InChI is InChI=1S/C21H11N5S/c1-13(14(9-22)10-23)20(15(11-24)12-25)16-5-4-8-19-21(16)26-17-6-2-3-7-18(17)27-19/h2-8,16H,1H3. The van der Waals surface area contributed by atoms with Crippen molar-refractivity contribution in [2.75, 3.05) is 0 Å². The Morgan fingerprint density at radius 1 is 1.00 bits per heavy atom. The maximum absolute atomic E-state index is 9.45. The minimum atomic E-state index is -0.489. The third-order valence-corrected chi connectivity index (χ3v) is 5.36. The summed E-state index contributed by atoms with van der Waals surface area (Å²) >= 11 is 1.57. The van der Waals surface area contributed by atoms with Crippen molar-refractivity contribution < 1.29 is 0 Å². The maximum atomic E-state index is 9.45. The number of allylic oxidation sites excluding steroid dienone is 8. The molecular weight excluding hydrogens is 354 g/mol. The van der Waals surface area contributed by atoms with Gasteiger partial charge in [-0.25, -0.2) is 0 Å². The normalized spacial score (nSPS) is 16.0. The van der Waals surface area contributed by atoms with Gasteiger partial charge in [0.05, 0.1) is 11.4 Å². The summed E-state index contributed by atoms with van der Waals surface area (Å²) in [4.78, 5) is 6.69. The van der Waals surface area contributed by atoms with Crippen LogP contribution in [-0.2, 0) is 0 Å². The first kappa shape index (κ1) is 18.0. The smallest absolute Gasteiger partial charge is 0.134 e. The van der Waals surface area contributed by atoms with Gasteiger partial charge in [-0.2, -0.15) is 21.0 Å². The minimum Gasteiger partial charge on any atom is -0.250 e. The molecular formula is C21H11N5S. The predicted octanol–water partition coefficient (Wildman–Crippen LogP) is 4.64. The van der Waals surface area contributed by atoms with E-state index in [1.54, 1.807) is 18.7 Å². The van der Waals surface area contributed by atoms with Crippen LogP contribution in [0.15, 0.2) is 79.6 Å². The predicted molar refractivity (Wildman–Crippen MR) is 102 cm³/mol. The Morgan fingerprint density at radius 3 is 2.33 bits per heavy atom. The van der Waals surface area contributed by atoms with Gasteiger partial charge < -0.3 is 0 Å². The van der Waals surface area contributed by atoms with E-state index < -0.39 is 5.92 Å². The Bertz CT molecular complexity index is 1120. The zero-order chi connectivity index (χ0) is 19.4. The first-order valence-corrected chi connectivity index (χ1v) is 8.76. The highest BCUT2D eigenvalue weighted by atomic mass is 32.2. The molecule has 0 N–H and O–H groups in total. The van der Waals surface area contributed by atoms with E-state index in [2.05, 4.69) is 0 Å². The molecule has 0 radical (unpaired) electrons. The van der Waals surface area contributed by atoms with E-state index in [1.165, 1.54) is 0 Å². The summed E-state index contributed by atoms with van der Waals surface area (Å²) in [5, 5.41) is 37.4. The number of nitrogens with zero attached hydrogens (tertiary/aromatic N) is 5. The number of para-hydroxylation sites is 1. The van der Waals surface area contributed by atoms with Gasteiger partial charge in [-0.1, -0.05) is 36.0 Å². The van der Waals surface area contributed by atoms with Gasteiger partial charge in [0.15, 0.2) is 0 Å². The van der Waals surface area contributed by atoms with E-state index in [4.69, 9.17) is 4.99 Å². The Morgan fingerprint density at radius 2 is 1.67 bits per heavy atom. The van der Waals surface area contributed by atoms with Gasteiger partial charge in [0.25, 0.3) is 0 Å². The fourth-order valence-corrected chi connectivity index (χ4v) is 3.99. The Balaban J connectivity index is 2.26. The molecule has 0 bridgehead atoms. The molecule has 1 atom stereocenters. The van der Waals surface area contributed by atoms with Crippen LogP contribution in [0, 0.1) is 51.2 Å². The maximum Gasteiger partial charge on any atom is 0.134 e. The first-order chi connectivity index (χ1) is 13.1. The van der Waals surface area contributed by atoms with Gasteiger partial charge in [0.2, 0.25) is 0 Å². The van der Waals surface area contributed by atoms with Gasteiger partial charge in [-0.15, -0.1) is 0 Å². The molecule has 0 amide bonds. The topological polar surface area (TPSA) is 108 Å². The van der Waals surface area contributed by atoms with Crippen molar-refractivity contribution in [2.45, 2.75) is 11.8 Å². The molecule has 0 spiro atoms. The molecule has 0 saturated heterocycles. The lowest BCUT2D eigenvalue weighted by molar-refractivity contribution is 1.00. The molecule has 2 aliphatic rings. The molecule has 1 unspecified atom stereocenters. The molecule has 126 valence electrons. The van der Waals surface area contributed by atoms with Crippen LogP contribution < -0.4 is 0 Å². The van der Waals surface area contributed by atoms with Gasteiger partial charge >= 0.3 is 0 Å². The van der Waals surface area contributed by atoms with E-state index in [-0.39, 0.29) is 11.1 Å². The summed E-state index contributed by atoms with van der Waals surface area (Å²) in [6.07, 6.45) is 5.61. The molecule has 1 aromatic rings. The SMILES string of the molecule is CC(=C(C#N)C#N)C(=C(C#N)C#N)C1C=CC=C2Sc3ccccc3N=C21. The fourth-order valence-electron chi connectivity index (χ4n) is 2.96. The second-order valence-corrected chi connectivity index (χ2v) is 6.78. The molecule has 0 saturated carbocycles. The number of hydrogen-bond acceptors (Lipinski definition) is 6. The van der Waals surface area contributed by atoms with E-state index in [1.807, 2.05) is 66.8 Å². The monoisotopic (exact) mass is 365 g/mol. The fraction of sp³-hybridized carbons (Fsp3) is 0.0952. The first-order valence-electron chi connectivity index (χ1n) is 7.94. The highest BCUT2D eigenvalue weighted by Crippen LogP contribution is 2.45. The van der Waals surface area contributed by atoms with E-state index in [0.29, 0.717) is 16.9 Å². The second-order valence-electron chi connectivity index (χ2n) is 5.70. The highest BCUT2D eigenvalue weighted by molar-refractivity contribution is 8.04. The number of aliphatic imine (C=N–C) groups is 1. The number of fused-ring (bicyclic) bond motifs is 2. The van der Waals surface area contributed by atoms with E-state index in [0.717, 1.165) is 15.5 Å². The Kier molecular flexibility index (Phi) is 5.05. The summed E-state index contributed by atoms with van der Waals surface area (Å²) < 4.78 is 0. The summed E-state index contributed by atoms with van der Waals surface area (Å²) in [6, 6.07) is 15.2. The molecule has 5 nitrogen and oxygen atoms in total. The second kappa shape index (κ2) is 7.59. The average molecular weight is 365 g/mol. The van der Waals surface area contributed by atoms with Crippen LogP contribution in [0.2, 0.25) is 0 Å². The lowest BCUT2D eigenvalue weighted by Crippen LogP contribution is -2.22.